The van der Waals surface area contributed by atoms with Gasteiger partial charge in [0, 0.05) is 18.7 Å². The van der Waals surface area contributed by atoms with Gasteiger partial charge in [0.15, 0.2) is 0 Å². The van der Waals surface area contributed by atoms with E-state index in [1.54, 1.807) is 6.07 Å². The zero-order chi connectivity index (χ0) is 12.0. The highest BCUT2D eigenvalue weighted by Gasteiger charge is 2.17. The predicted molar refractivity (Wildman–Crippen MR) is 59.8 cm³/mol. The fourth-order valence-corrected chi connectivity index (χ4v) is 1.33. The number of hydrogen-bond acceptors (Lipinski definition) is 5. The largest absolute Gasteiger partial charge is 0.364 e. The normalized spacial score (nSPS) is 11.9. The minimum absolute atomic E-state index is 0.240. The Morgan fingerprint density at radius 1 is 1.62 bits per heavy atom. The average Bonchev–Trinajstić information content (AvgIpc) is 2.75. The average molecular weight is 243 g/mol. The predicted octanol–water partition coefficient (Wildman–Crippen LogP) is -0.275. The monoisotopic (exact) mass is 243 g/mol. The number of nitrogens with zero attached hydrogens (tertiary/aromatic N) is 1. The van der Waals surface area contributed by atoms with Crippen molar-refractivity contribution in [3.05, 3.63) is 18.0 Å². The summed E-state index contributed by atoms with van der Waals surface area (Å²) >= 11 is 3.99. The van der Waals surface area contributed by atoms with Gasteiger partial charge in [-0.2, -0.15) is 12.6 Å². The molecule has 0 fully saturated rings. The molecule has 0 aliphatic heterocycles. The van der Waals surface area contributed by atoms with Crippen molar-refractivity contribution in [1.29, 1.82) is 0 Å². The molecule has 2 N–H and O–H groups in total. The van der Waals surface area contributed by atoms with Gasteiger partial charge in [-0.3, -0.25) is 9.59 Å². The lowest BCUT2D eigenvalue weighted by Gasteiger charge is -2.14. The summed E-state index contributed by atoms with van der Waals surface area (Å²) in [5.41, 5.74) is 0.620. The van der Waals surface area contributed by atoms with E-state index in [1.165, 1.54) is 13.2 Å². The van der Waals surface area contributed by atoms with Gasteiger partial charge in [0.05, 0.1) is 6.54 Å². The van der Waals surface area contributed by atoms with Crippen molar-refractivity contribution in [1.82, 2.24) is 15.8 Å². The molecule has 0 saturated carbocycles. The van der Waals surface area contributed by atoms with Crippen molar-refractivity contribution in [3.63, 3.8) is 0 Å². The second kappa shape index (κ2) is 6.16. The van der Waals surface area contributed by atoms with Crippen LogP contribution in [-0.4, -0.2) is 28.8 Å². The fourth-order valence-electron chi connectivity index (χ4n) is 1.07. The van der Waals surface area contributed by atoms with Crippen molar-refractivity contribution in [3.8, 4) is 0 Å². The van der Waals surface area contributed by atoms with Crippen LogP contribution in [0.25, 0.3) is 0 Å². The van der Waals surface area contributed by atoms with Crippen molar-refractivity contribution in [2.24, 2.45) is 0 Å². The van der Waals surface area contributed by atoms with E-state index in [0.717, 1.165) is 0 Å². The van der Waals surface area contributed by atoms with E-state index < -0.39 is 6.04 Å². The third-order valence-electron chi connectivity index (χ3n) is 1.81. The van der Waals surface area contributed by atoms with Crippen LogP contribution in [-0.2, 0) is 16.1 Å². The molecule has 1 aromatic rings. The minimum atomic E-state index is -0.632. The molecule has 1 unspecified atom stereocenters. The third-order valence-corrected chi connectivity index (χ3v) is 2.18. The molecule has 0 radical (unpaired) electrons. The molecule has 16 heavy (non-hydrogen) atoms. The number of amides is 2. The Balaban J connectivity index is 2.40. The quantitative estimate of drug-likeness (QED) is 0.621. The lowest BCUT2D eigenvalue weighted by atomic mass is 10.3. The second-order valence-electron chi connectivity index (χ2n) is 3.14. The summed E-state index contributed by atoms with van der Waals surface area (Å²) in [4.78, 5) is 22.4. The maximum Gasteiger partial charge on any atom is 0.243 e. The Morgan fingerprint density at radius 3 is 2.88 bits per heavy atom. The molecule has 7 heteroatoms. The minimum Gasteiger partial charge on any atom is -0.364 e. The third kappa shape index (κ3) is 3.93. The van der Waals surface area contributed by atoms with Gasteiger partial charge < -0.3 is 15.2 Å². The first kappa shape index (κ1) is 12.6. The summed E-state index contributed by atoms with van der Waals surface area (Å²) in [7, 11) is 0. The van der Waals surface area contributed by atoms with Crippen molar-refractivity contribution in [2.45, 2.75) is 19.5 Å². The van der Waals surface area contributed by atoms with Crippen LogP contribution in [0, 0.1) is 0 Å². The van der Waals surface area contributed by atoms with Crippen LogP contribution in [0.1, 0.15) is 12.6 Å². The SMILES string of the molecule is CC(=O)NC(CS)C(=O)NCc1ccon1. The first-order chi connectivity index (χ1) is 7.63. The molecule has 0 aliphatic rings. The van der Waals surface area contributed by atoms with Gasteiger partial charge in [0.2, 0.25) is 11.8 Å². The molecule has 6 nitrogen and oxygen atoms in total. The molecule has 1 aromatic heterocycles. The van der Waals surface area contributed by atoms with Crippen LogP contribution in [0.3, 0.4) is 0 Å². The van der Waals surface area contributed by atoms with E-state index in [-0.39, 0.29) is 24.1 Å². The zero-order valence-corrected chi connectivity index (χ0v) is 9.66. The van der Waals surface area contributed by atoms with E-state index in [1.807, 2.05) is 0 Å². The highest BCUT2D eigenvalue weighted by molar-refractivity contribution is 7.80. The van der Waals surface area contributed by atoms with Crippen LogP contribution in [0.5, 0.6) is 0 Å². The fraction of sp³-hybridized carbons (Fsp3) is 0.444. The van der Waals surface area contributed by atoms with Crippen molar-refractivity contribution in [2.75, 3.05) is 5.75 Å². The van der Waals surface area contributed by atoms with Crippen LogP contribution in [0.4, 0.5) is 0 Å². The number of nitrogens with one attached hydrogen (secondary N) is 2. The van der Waals surface area contributed by atoms with E-state index in [9.17, 15) is 9.59 Å². The van der Waals surface area contributed by atoms with E-state index >= 15 is 0 Å². The number of rotatable bonds is 5. The zero-order valence-electron chi connectivity index (χ0n) is 8.77. The number of carbonyl (C=O) groups is 2. The van der Waals surface area contributed by atoms with Crippen LogP contribution in [0.2, 0.25) is 0 Å². The number of thiol groups is 1. The summed E-state index contributed by atoms with van der Waals surface area (Å²) in [6.45, 7) is 1.61. The first-order valence-electron chi connectivity index (χ1n) is 4.68. The van der Waals surface area contributed by atoms with Gasteiger partial charge in [-0.1, -0.05) is 5.16 Å². The van der Waals surface area contributed by atoms with E-state index in [0.29, 0.717) is 5.69 Å². The summed E-state index contributed by atoms with van der Waals surface area (Å²) in [5.74, 6) is -0.326. The lowest BCUT2D eigenvalue weighted by molar-refractivity contribution is -0.127. The maximum absolute atomic E-state index is 11.6. The van der Waals surface area contributed by atoms with Gasteiger partial charge in [-0.25, -0.2) is 0 Å². The molecular weight excluding hydrogens is 230 g/mol. The van der Waals surface area contributed by atoms with Gasteiger partial charge >= 0.3 is 0 Å². The van der Waals surface area contributed by atoms with Crippen LogP contribution < -0.4 is 10.6 Å². The van der Waals surface area contributed by atoms with Gasteiger partial charge in [0.25, 0.3) is 0 Å². The Morgan fingerprint density at radius 2 is 2.38 bits per heavy atom. The molecule has 0 aliphatic carbocycles. The number of aromatic nitrogens is 1. The Hall–Kier alpha value is -1.50. The molecule has 2 amide bonds. The Bertz CT molecular complexity index is 353. The topological polar surface area (TPSA) is 84.2 Å². The second-order valence-corrected chi connectivity index (χ2v) is 3.51. The number of hydrogen-bond donors (Lipinski definition) is 3. The summed E-state index contributed by atoms with van der Waals surface area (Å²) in [6.07, 6.45) is 1.42. The summed E-state index contributed by atoms with van der Waals surface area (Å²) in [6, 6.07) is 1.02. The smallest absolute Gasteiger partial charge is 0.243 e. The molecule has 0 bridgehead atoms. The molecular formula is C9H13N3O3S. The molecule has 0 aromatic carbocycles. The summed E-state index contributed by atoms with van der Waals surface area (Å²) < 4.78 is 4.61. The molecule has 1 heterocycles. The van der Waals surface area contributed by atoms with Gasteiger partial charge in [-0.15, -0.1) is 0 Å². The Labute approximate surface area is 98.2 Å². The lowest BCUT2D eigenvalue weighted by Crippen LogP contribution is -2.47. The van der Waals surface area contributed by atoms with Gasteiger partial charge in [0.1, 0.15) is 18.0 Å². The van der Waals surface area contributed by atoms with Crippen LogP contribution >= 0.6 is 12.6 Å². The molecule has 1 rings (SSSR count). The van der Waals surface area contributed by atoms with E-state index in [2.05, 4.69) is 32.9 Å². The van der Waals surface area contributed by atoms with Crippen molar-refractivity contribution >= 4 is 24.4 Å². The highest BCUT2D eigenvalue weighted by atomic mass is 32.1. The molecule has 1 atom stereocenters. The maximum atomic E-state index is 11.6. The summed E-state index contributed by atoms with van der Waals surface area (Å²) in [5, 5.41) is 8.74. The molecule has 0 saturated heterocycles. The van der Waals surface area contributed by atoms with Crippen molar-refractivity contribution < 1.29 is 14.1 Å². The molecule has 0 spiro atoms. The first-order valence-corrected chi connectivity index (χ1v) is 5.31. The van der Waals surface area contributed by atoms with Crippen LogP contribution in [0.15, 0.2) is 16.9 Å². The van der Waals surface area contributed by atoms with E-state index in [4.69, 9.17) is 0 Å². The highest BCUT2D eigenvalue weighted by Crippen LogP contribution is 1.94. The molecule has 88 valence electrons. The number of carbonyl (C=O) groups excluding carboxylic acids is 2. The standard InChI is InChI=1S/C9H13N3O3S/c1-6(13)11-8(5-16)9(14)10-4-7-2-3-15-12-7/h2-3,8,16H,4-5H2,1H3,(H,10,14)(H,11,13). The Kier molecular flexibility index (Phi) is 4.84. The van der Waals surface area contributed by atoms with Gasteiger partial charge in [-0.05, 0) is 0 Å².